The monoisotopic (exact) mass is 263 g/mol. The maximum atomic E-state index is 11.8. The molecule has 1 rings (SSSR count). The van der Waals surface area contributed by atoms with Gasteiger partial charge in [-0.05, 0) is 45.4 Å². The zero-order chi connectivity index (χ0) is 14.4. The van der Waals surface area contributed by atoms with E-state index in [9.17, 15) is 4.79 Å². The Labute approximate surface area is 116 Å². The van der Waals surface area contributed by atoms with E-state index in [4.69, 9.17) is 5.73 Å². The molecule has 19 heavy (non-hydrogen) atoms. The number of nitrogens with zero attached hydrogens (tertiary/aromatic N) is 1. The average molecular weight is 263 g/mol. The zero-order valence-corrected chi connectivity index (χ0v) is 12.3. The number of benzene rings is 1. The minimum absolute atomic E-state index is 0.0154. The summed E-state index contributed by atoms with van der Waals surface area (Å²) in [6.45, 7) is 6.17. The Kier molecular flexibility index (Phi) is 5.83. The number of nitrogens with two attached hydrogens (primary N) is 1. The van der Waals surface area contributed by atoms with Gasteiger partial charge >= 0.3 is 0 Å². The second-order valence-electron chi connectivity index (χ2n) is 5.32. The standard InChI is InChI=1S/C15H25N3O/c1-11(2)18(4)14-7-5-6-13(10-14)17-15(19)9-8-12(3)16/h5-7,10-12H,8-9,16H2,1-4H3,(H,17,19). The molecular formula is C15H25N3O. The number of hydrogen-bond acceptors (Lipinski definition) is 3. The molecule has 4 heteroatoms. The predicted molar refractivity (Wildman–Crippen MR) is 81.5 cm³/mol. The molecule has 0 spiro atoms. The average Bonchev–Trinajstić information content (AvgIpc) is 2.35. The van der Waals surface area contributed by atoms with Crippen molar-refractivity contribution in [2.75, 3.05) is 17.3 Å². The van der Waals surface area contributed by atoms with Gasteiger partial charge in [-0.25, -0.2) is 0 Å². The SMILES string of the molecule is CC(N)CCC(=O)Nc1cccc(N(C)C(C)C)c1. The summed E-state index contributed by atoms with van der Waals surface area (Å²) in [5, 5.41) is 2.91. The molecule has 3 N–H and O–H groups in total. The summed E-state index contributed by atoms with van der Waals surface area (Å²) in [6.07, 6.45) is 1.17. The molecule has 0 aromatic heterocycles. The minimum Gasteiger partial charge on any atom is -0.372 e. The van der Waals surface area contributed by atoms with Crippen molar-refractivity contribution in [1.82, 2.24) is 0 Å². The number of carbonyl (C=O) groups is 1. The van der Waals surface area contributed by atoms with Crippen LogP contribution >= 0.6 is 0 Å². The summed E-state index contributed by atoms with van der Waals surface area (Å²) < 4.78 is 0. The van der Waals surface area contributed by atoms with Crippen LogP contribution in [0.15, 0.2) is 24.3 Å². The van der Waals surface area contributed by atoms with Gasteiger partial charge < -0.3 is 16.0 Å². The van der Waals surface area contributed by atoms with Crippen LogP contribution in [-0.2, 0) is 4.79 Å². The molecule has 0 saturated carbocycles. The van der Waals surface area contributed by atoms with Gasteiger partial charge in [-0.2, -0.15) is 0 Å². The fourth-order valence-corrected chi connectivity index (χ4v) is 1.68. The molecule has 0 saturated heterocycles. The van der Waals surface area contributed by atoms with Gasteiger partial charge in [-0.1, -0.05) is 6.07 Å². The van der Waals surface area contributed by atoms with Crippen LogP contribution in [0.5, 0.6) is 0 Å². The van der Waals surface area contributed by atoms with E-state index in [0.717, 1.165) is 11.4 Å². The van der Waals surface area contributed by atoms with Gasteiger partial charge in [0.05, 0.1) is 0 Å². The Hall–Kier alpha value is -1.55. The van der Waals surface area contributed by atoms with Crippen LogP contribution in [0.2, 0.25) is 0 Å². The lowest BCUT2D eigenvalue weighted by atomic mass is 10.2. The van der Waals surface area contributed by atoms with Gasteiger partial charge in [0, 0.05) is 36.9 Å². The molecule has 1 amide bonds. The summed E-state index contributed by atoms with van der Waals surface area (Å²) in [5.41, 5.74) is 7.57. The maximum absolute atomic E-state index is 11.8. The normalized spacial score (nSPS) is 12.3. The number of amides is 1. The molecule has 0 heterocycles. The first-order chi connectivity index (χ1) is 8.90. The van der Waals surface area contributed by atoms with Gasteiger partial charge in [-0.15, -0.1) is 0 Å². The summed E-state index contributed by atoms with van der Waals surface area (Å²) in [4.78, 5) is 13.9. The molecule has 0 aliphatic heterocycles. The van der Waals surface area contributed by atoms with Crippen molar-refractivity contribution in [3.63, 3.8) is 0 Å². The van der Waals surface area contributed by atoms with E-state index in [2.05, 4.69) is 24.1 Å². The number of carbonyl (C=O) groups excluding carboxylic acids is 1. The van der Waals surface area contributed by atoms with Crippen LogP contribution in [0.1, 0.15) is 33.6 Å². The Bertz CT molecular complexity index is 416. The molecule has 0 aliphatic carbocycles. The Morgan fingerprint density at radius 1 is 1.37 bits per heavy atom. The third kappa shape index (κ3) is 5.30. The first kappa shape index (κ1) is 15.5. The number of nitrogens with one attached hydrogen (secondary N) is 1. The lowest BCUT2D eigenvalue weighted by molar-refractivity contribution is -0.116. The highest BCUT2D eigenvalue weighted by atomic mass is 16.1. The van der Waals surface area contributed by atoms with Crippen molar-refractivity contribution in [3.05, 3.63) is 24.3 Å². The molecule has 0 bridgehead atoms. The second kappa shape index (κ2) is 7.14. The van der Waals surface area contributed by atoms with Crippen molar-refractivity contribution in [3.8, 4) is 0 Å². The first-order valence-corrected chi connectivity index (χ1v) is 6.78. The quantitative estimate of drug-likeness (QED) is 0.829. The van der Waals surface area contributed by atoms with E-state index in [0.29, 0.717) is 18.9 Å². The van der Waals surface area contributed by atoms with Crippen LogP contribution in [0.3, 0.4) is 0 Å². The van der Waals surface area contributed by atoms with E-state index in [1.807, 2.05) is 38.2 Å². The topological polar surface area (TPSA) is 58.4 Å². The van der Waals surface area contributed by atoms with Gasteiger partial charge in [0.25, 0.3) is 0 Å². The summed E-state index contributed by atoms with van der Waals surface area (Å²) in [7, 11) is 2.04. The van der Waals surface area contributed by atoms with Crippen molar-refractivity contribution in [2.45, 2.75) is 45.7 Å². The van der Waals surface area contributed by atoms with Crippen molar-refractivity contribution in [2.24, 2.45) is 5.73 Å². The Morgan fingerprint density at radius 2 is 2.05 bits per heavy atom. The molecule has 1 aromatic carbocycles. The highest BCUT2D eigenvalue weighted by Crippen LogP contribution is 2.20. The van der Waals surface area contributed by atoms with Crippen LogP contribution < -0.4 is 16.0 Å². The molecule has 1 atom stereocenters. The van der Waals surface area contributed by atoms with Crippen molar-refractivity contribution in [1.29, 1.82) is 0 Å². The van der Waals surface area contributed by atoms with Crippen LogP contribution in [0.25, 0.3) is 0 Å². The van der Waals surface area contributed by atoms with Crippen molar-refractivity contribution < 1.29 is 4.79 Å². The number of anilines is 2. The molecule has 1 aromatic rings. The zero-order valence-electron chi connectivity index (χ0n) is 12.3. The van der Waals surface area contributed by atoms with Crippen LogP contribution in [0, 0.1) is 0 Å². The third-order valence-electron chi connectivity index (χ3n) is 3.14. The van der Waals surface area contributed by atoms with E-state index in [1.165, 1.54) is 0 Å². The molecule has 1 unspecified atom stereocenters. The minimum atomic E-state index is 0.0154. The lowest BCUT2D eigenvalue weighted by Crippen LogP contribution is -2.25. The fraction of sp³-hybridized carbons (Fsp3) is 0.533. The predicted octanol–water partition coefficient (Wildman–Crippen LogP) is 2.60. The second-order valence-corrected chi connectivity index (χ2v) is 5.32. The summed E-state index contributed by atoms with van der Waals surface area (Å²) in [6, 6.07) is 8.37. The Balaban J connectivity index is 2.64. The highest BCUT2D eigenvalue weighted by molar-refractivity contribution is 5.91. The number of hydrogen-bond donors (Lipinski definition) is 2. The molecule has 106 valence electrons. The fourth-order valence-electron chi connectivity index (χ4n) is 1.68. The Morgan fingerprint density at radius 3 is 2.63 bits per heavy atom. The molecular weight excluding hydrogens is 238 g/mol. The molecule has 4 nitrogen and oxygen atoms in total. The first-order valence-electron chi connectivity index (χ1n) is 6.78. The van der Waals surface area contributed by atoms with E-state index in [-0.39, 0.29) is 11.9 Å². The smallest absolute Gasteiger partial charge is 0.224 e. The largest absolute Gasteiger partial charge is 0.372 e. The molecule has 0 aliphatic rings. The van der Waals surface area contributed by atoms with Crippen LogP contribution in [-0.4, -0.2) is 25.0 Å². The van der Waals surface area contributed by atoms with Gasteiger partial charge in [0.15, 0.2) is 0 Å². The van der Waals surface area contributed by atoms with Gasteiger partial charge in [0.2, 0.25) is 5.91 Å². The summed E-state index contributed by atoms with van der Waals surface area (Å²) >= 11 is 0. The van der Waals surface area contributed by atoms with Gasteiger partial charge in [0.1, 0.15) is 0 Å². The maximum Gasteiger partial charge on any atom is 0.224 e. The van der Waals surface area contributed by atoms with E-state index in [1.54, 1.807) is 0 Å². The summed E-state index contributed by atoms with van der Waals surface area (Å²) in [5.74, 6) is 0.0154. The van der Waals surface area contributed by atoms with E-state index < -0.39 is 0 Å². The molecule has 0 radical (unpaired) electrons. The number of rotatable bonds is 6. The highest BCUT2D eigenvalue weighted by Gasteiger charge is 2.07. The van der Waals surface area contributed by atoms with E-state index >= 15 is 0 Å². The van der Waals surface area contributed by atoms with Crippen molar-refractivity contribution >= 4 is 17.3 Å². The van der Waals surface area contributed by atoms with Gasteiger partial charge in [-0.3, -0.25) is 4.79 Å². The lowest BCUT2D eigenvalue weighted by Gasteiger charge is -2.24. The third-order valence-corrected chi connectivity index (χ3v) is 3.14. The molecule has 0 fully saturated rings. The van der Waals surface area contributed by atoms with Crippen LogP contribution in [0.4, 0.5) is 11.4 Å².